The smallest absolute Gasteiger partial charge is 0.341 e. The summed E-state index contributed by atoms with van der Waals surface area (Å²) in [6.45, 7) is 3.07. The minimum absolute atomic E-state index is 0.427. The Morgan fingerprint density at radius 1 is 1.26 bits per heavy atom. The number of nitrogens with zero attached hydrogens (tertiary/aromatic N) is 1. The molecule has 110 valence electrons. The van der Waals surface area contributed by atoms with Crippen LogP contribution in [0, 0.1) is 16.0 Å². The lowest BCUT2D eigenvalue weighted by Gasteiger charge is -2.19. The van der Waals surface area contributed by atoms with Gasteiger partial charge in [0.05, 0.1) is 5.92 Å². The summed E-state index contributed by atoms with van der Waals surface area (Å²) in [7, 11) is 0. The Morgan fingerprint density at radius 3 is 2.00 bits per heavy atom. The summed E-state index contributed by atoms with van der Waals surface area (Å²) in [5.74, 6) is -2.03. The van der Waals surface area contributed by atoms with E-state index < -0.39 is 46.5 Å². The van der Waals surface area contributed by atoms with E-state index in [1.54, 1.807) is 13.8 Å². The van der Waals surface area contributed by atoms with Gasteiger partial charge < -0.3 is 14.6 Å². The number of aliphatic hydroxyl groups is 1. The van der Waals surface area contributed by atoms with Crippen molar-refractivity contribution in [3.63, 3.8) is 0 Å². The number of rotatable bonds is 7. The zero-order valence-corrected chi connectivity index (χ0v) is 12.4. The van der Waals surface area contributed by atoms with Gasteiger partial charge in [-0.05, 0) is 6.92 Å². The number of aliphatic hydroxyl groups excluding tert-OH is 1. The van der Waals surface area contributed by atoms with Crippen molar-refractivity contribution < 1.29 is 29.1 Å². The van der Waals surface area contributed by atoms with Gasteiger partial charge in [-0.3, -0.25) is 14.9 Å². The van der Waals surface area contributed by atoms with Crippen molar-refractivity contribution in [3.05, 3.63) is 10.1 Å². The van der Waals surface area contributed by atoms with Crippen LogP contribution in [0.2, 0.25) is 0 Å². The zero-order chi connectivity index (χ0) is 15.2. The molecule has 2 atom stereocenters. The molecule has 1 N–H and O–H groups in total. The normalized spacial score (nSPS) is 15.5. The van der Waals surface area contributed by atoms with Crippen LogP contribution in [0.25, 0.3) is 0 Å². The highest BCUT2D eigenvalue weighted by molar-refractivity contribution is 9.10. The van der Waals surface area contributed by atoms with Crippen LogP contribution in [0.3, 0.4) is 0 Å². The van der Waals surface area contributed by atoms with E-state index in [1.165, 1.54) is 6.92 Å². The first-order valence-electron chi connectivity index (χ1n) is 5.45. The quantitative estimate of drug-likeness (QED) is 0.235. The van der Waals surface area contributed by atoms with E-state index >= 15 is 0 Å². The number of halogens is 1. The SMILES string of the molecule is CC(C)C(=O)OCC(Br)(COC(=O)C(C)O)[N+](=O)[O-]. The molecule has 0 aromatic heterocycles. The van der Waals surface area contributed by atoms with Gasteiger partial charge in [-0.25, -0.2) is 4.79 Å². The lowest BCUT2D eigenvalue weighted by Crippen LogP contribution is -2.43. The molecule has 19 heavy (non-hydrogen) atoms. The second-order valence-electron chi connectivity index (χ2n) is 4.22. The van der Waals surface area contributed by atoms with E-state index in [1.807, 2.05) is 0 Å². The van der Waals surface area contributed by atoms with Crippen molar-refractivity contribution in [1.82, 2.24) is 0 Å². The van der Waals surface area contributed by atoms with Crippen molar-refractivity contribution in [2.24, 2.45) is 5.92 Å². The lowest BCUT2D eigenvalue weighted by atomic mass is 10.2. The zero-order valence-electron chi connectivity index (χ0n) is 10.8. The molecular weight excluding hydrogens is 326 g/mol. The highest BCUT2D eigenvalue weighted by Gasteiger charge is 2.43. The summed E-state index contributed by atoms with van der Waals surface area (Å²) in [6.07, 6.45) is -1.39. The fourth-order valence-corrected chi connectivity index (χ4v) is 1.03. The first kappa shape index (κ1) is 17.8. The number of esters is 2. The van der Waals surface area contributed by atoms with Gasteiger partial charge in [0, 0.05) is 20.9 Å². The van der Waals surface area contributed by atoms with Crippen LogP contribution in [0.5, 0.6) is 0 Å². The predicted molar refractivity (Wildman–Crippen MR) is 67.1 cm³/mol. The number of carbonyl (C=O) groups excluding carboxylic acids is 2. The second kappa shape index (κ2) is 7.39. The first-order chi connectivity index (χ1) is 8.60. The van der Waals surface area contributed by atoms with Gasteiger partial charge in [0.15, 0.2) is 13.2 Å². The highest BCUT2D eigenvalue weighted by Crippen LogP contribution is 2.21. The Bertz CT molecular complexity index is 332. The van der Waals surface area contributed by atoms with Crippen molar-refractivity contribution in [2.75, 3.05) is 13.2 Å². The van der Waals surface area contributed by atoms with Crippen LogP contribution in [0.15, 0.2) is 0 Å². The van der Waals surface area contributed by atoms with Crippen LogP contribution in [0.4, 0.5) is 0 Å². The number of ether oxygens (including phenoxy) is 2. The van der Waals surface area contributed by atoms with Gasteiger partial charge in [-0.1, -0.05) is 13.8 Å². The molecule has 9 heteroatoms. The Labute approximate surface area is 118 Å². The van der Waals surface area contributed by atoms with Gasteiger partial charge in [0.1, 0.15) is 6.10 Å². The molecule has 0 aromatic carbocycles. The molecule has 0 spiro atoms. The molecule has 8 nitrogen and oxygen atoms in total. The molecule has 0 aliphatic carbocycles. The number of hydrogen-bond donors (Lipinski definition) is 1. The fourth-order valence-electron chi connectivity index (χ4n) is 0.798. The van der Waals surface area contributed by atoms with Crippen LogP contribution in [0.1, 0.15) is 20.8 Å². The van der Waals surface area contributed by atoms with Crippen molar-refractivity contribution in [1.29, 1.82) is 0 Å². The van der Waals surface area contributed by atoms with Gasteiger partial charge in [-0.2, -0.15) is 0 Å². The standard InChI is InChI=1S/C10H16BrNO7/c1-6(2)8(14)18-4-10(11,12(16)17)5-19-9(15)7(3)13/h6-7,13H,4-5H2,1-3H3. The molecule has 0 aromatic rings. The average molecular weight is 342 g/mol. The van der Waals surface area contributed by atoms with Gasteiger partial charge in [0.25, 0.3) is 0 Å². The molecule has 0 bridgehead atoms. The van der Waals surface area contributed by atoms with Crippen LogP contribution >= 0.6 is 15.9 Å². The van der Waals surface area contributed by atoms with E-state index in [9.17, 15) is 19.7 Å². The number of hydrogen-bond acceptors (Lipinski definition) is 7. The van der Waals surface area contributed by atoms with E-state index in [0.29, 0.717) is 0 Å². The Kier molecular flexibility index (Phi) is 6.91. The Morgan fingerprint density at radius 2 is 1.68 bits per heavy atom. The third-order valence-electron chi connectivity index (χ3n) is 2.01. The molecule has 2 unspecified atom stereocenters. The van der Waals surface area contributed by atoms with E-state index in [2.05, 4.69) is 20.7 Å². The van der Waals surface area contributed by atoms with Crippen molar-refractivity contribution in [3.8, 4) is 0 Å². The molecule has 0 aliphatic rings. The van der Waals surface area contributed by atoms with E-state index in [0.717, 1.165) is 0 Å². The third-order valence-corrected chi connectivity index (χ3v) is 2.76. The molecule has 0 saturated heterocycles. The summed E-state index contributed by atoms with van der Waals surface area (Å²) < 4.78 is 7.37. The first-order valence-corrected chi connectivity index (χ1v) is 6.24. The van der Waals surface area contributed by atoms with Crippen LogP contribution in [-0.2, 0) is 19.1 Å². The Hall–Kier alpha value is -1.22. The lowest BCUT2D eigenvalue weighted by molar-refractivity contribution is -0.541. The molecule has 0 radical (unpaired) electrons. The second-order valence-corrected chi connectivity index (χ2v) is 5.70. The maximum absolute atomic E-state index is 11.2. The molecule has 0 amide bonds. The molecule has 0 aliphatic heterocycles. The average Bonchev–Trinajstić information content (AvgIpc) is 2.32. The monoisotopic (exact) mass is 341 g/mol. The molecule has 0 rings (SSSR count). The van der Waals surface area contributed by atoms with Gasteiger partial charge >= 0.3 is 16.4 Å². The number of nitro groups is 1. The summed E-state index contributed by atoms with van der Waals surface area (Å²) in [5, 5.41) is 19.8. The van der Waals surface area contributed by atoms with Crippen LogP contribution < -0.4 is 0 Å². The molecule has 0 heterocycles. The van der Waals surface area contributed by atoms with E-state index in [4.69, 9.17) is 9.84 Å². The number of carbonyl (C=O) groups is 2. The van der Waals surface area contributed by atoms with Gasteiger partial charge in [-0.15, -0.1) is 0 Å². The summed E-state index contributed by atoms with van der Waals surface area (Å²) in [6, 6.07) is 0. The fraction of sp³-hybridized carbons (Fsp3) is 0.800. The summed E-state index contributed by atoms with van der Waals surface area (Å²) in [5.41, 5.74) is 0. The predicted octanol–water partition coefficient (Wildman–Crippen LogP) is 0.478. The Balaban J connectivity index is 4.55. The third kappa shape index (κ3) is 5.97. The minimum atomic E-state index is -1.93. The molecule has 0 saturated carbocycles. The highest BCUT2D eigenvalue weighted by atomic mass is 79.9. The summed E-state index contributed by atoms with van der Waals surface area (Å²) >= 11 is 2.77. The maximum atomic E-state index is 11.2. The number of alkyl halides is 1. The maximum Gasteiger partial charge on any atom is 0.341 e. The molecular formula is C10H16BrNO7. The largest absolute Gasteiger partial charge is 0.457 e. The van der Waals surface area contributed by atoms with Crippen molar-refractivity contribution >= 4 is 27.9 Å². The van der Waals surface area contributed by atoms with Crippen molar-refractivity contribution in [2.45, 2.75) is 31.3 Å². The van der Waals surface area contributed by atoms with Crippen LogP contribution in [-0.4, -0.2) is 45.7 Å². The molecule has 0 fully saturated rings. The van der Waals surface area contributed by atoms with Gasteiger partial charge in [0.2, 0.25) is 0 Å². The minimum Gasteiger partial charge on any atom is -0.457 e. The topological polar surface area (TPSA) is 116 Å². The van der Waals surface area contributed by atoms with E-state index in [-0.39, 0.29) is 0 Å². The summed E-state index contributed by atoms with van der Waals surface area (Å²) in [4.78, 5) is 32.4.